The molecule has 2 aliphatic heterocycles. The van der Waals surface area contributed by atoms with Crippen LogP contribution in [0, 0.1) is 0 Å². The molecule has 2 unspecified atom stereocenters. The second-order valence-corrected chi connectivity index (χ2v) is 7.49. The van der Waals surface area contributed by atoms with Crippen molar-refractivity contribution >= 4 is 5.91 Å². The van der Waals surface area contributed by atoms with Crippen LogP contribution < -0.4 is 14.8 Å². The van der Waals surface area contributed by atoms with Gasteiger partial charge in [-0.15, -0.1) is 0 Å². The fourth-order valence-corrected chi connectivity index (χ4v) is 4.04. The zero-order valence-electron chi connectivity index (χ0n) is 16.8. The molecule has 29 heavy (non-hydrogen) atoms. The van der Waals surface area contributed by atoms with Crippen LogP contribution in [0.5, 0.6) is 11.5 Å². The number of carbonyl (C=O) groups is 1. The summed E-state index contributed by atoms with van der Waals surface area (Å²) in [6.07, 6.45) is 1.18. The van der Waals surface area contributed by atoms with Crippen molar-refractivity contribution in [1.82, 2.24) is 10.2 Å². The minimum absolute atomic E-state index is 0.0499. The number of rotatable bonds is 6. The first kappa shape index (κ1) is 19.7. The van der Waals surface area contributed by atoms with E-state index in [-0.39, 0.29) is 18.0 Å². The van der Waals surface area contributed by atoms with Crippen molar-refractivity contribution in [2.24, 2.45) is 0 Å². The number of hydrogen-bond donors (Lipinski definition) is 1. The summed E-state index contributed by atoms with van der Waals surface area (Å²) in [5.41, 5.74) is 2.12. The highest BCUT2D eigenvalue weighted by molar-refractivity contribution is 5.77. The van der Waals surface area contributed by atoms with E-state index in [4.69, 9.17) is 14.2 Å². The number of nitrogens with zero attached hydrogens (tertiary/aromatic N) is 1. The van der Waals surface area contributed by atoms with Gasteiger partial charge in [-0.05, 0) is 23.8 Å². The van der Waals surface area contributed by atoms with Gasteiger partial charge in [-0.3, -0.25) is 4.79 Å². The van der Waals surface area contributed by atoms with Gasteiger partial charge in [0.25, 0.3) is 0 Å². The molecule has 154 valence electrons. The molecular weight excluding hydrogens is 368 g/mol. The Morgan fingerprint density at radius 3 is 2.83 bits per heavy atom. The van der Waals surface area contributed by atoms with Crippen LogP contribution in [0.25, 0.3) is 0 Å². The molecule has 0 aliphatic carbocycles. The van der Waals surface area contributed by atoms with E-state index in [1.165, 1.54) is 0 Å². The van der Waals surface area contributed by atoms with E-state index < -0.39 is 0 Å². The lowest BCUT2D eigenvalue weighted by Crippen LogP contribution is -2.46. The van der Waals surface area contributed by atoms with E-state index in [1.54, 1.807) is 7.11 Å². The highest BCUT2D eigenvalue weighted by Gasteiger charge is 2.32. The fourth-order valence-electron chi connectivity index (χ4n) is 4.04. The van der Waals surface area contributed by atoms with Crippen LogP contribution in [0.4, 0.5) is 0 Å². The van der Waals surface area contributed by atoms with Crippen LogP contribution in [0.15, 0.2) is 48.5 Å². The van der Waals surface area contributed by atoms with Crippen LogP contribution in [0.2, 0.25) is 0 Å². The zero-order valence-corrected chi connectivity index (χ0v) is 16.8. The number of amides is 1. The highest BCUT2D eigenvalue weighted by Crippen LogP contribution is 2.39. The van der Waals surface area contributed by atoms with E-state index in [2.05, 4.69) is 17.4 Å². The third-order valence-corrected chi connectivity index (χ3v) is 5.54. The number of ether oxygens (including phenoxy) is 3. The molecule has 2 aromatic carbocycles. The van der Waals surface area contributed by atoms with Gasteiger partial charge in [0.15, 0.2) is 0 Å². The number of benzene rings is 2. The Bertz CT molecular complexity index is 821. The minimum atomic E-state index is -0.0499. The molecule has 6 heteroatoms. The Morgan fingerprint density at radius 2 is 2.07 bits per heavy atom. The SMILES string of the molecule is COc1ccc2c(c1)C(N(Cc1ccccc1)C(=O)CC1COCCN1)CCO2. The predicted octanol–water partition coefficient (Wildman–Crippen LogP) is 2.93. The van der Waals surface area contributed by atoms with Gasteiger partial charge in [-0.25, -0.2) is 0 Å². The maximum Gasteiger partial charge on any atom is 0.225 e. The molecule has 2 atom stereocenters. The second-order valence-electron chi connectivity index (χ2n) is 7.49. The number of methoxy groups -OCH3 is 1. The lowest BCUT2D eigenvalue weighted by Gasteiger charge is -2.37. The normalized spacial score (nSPS) is 21.0. The third-order valence-electron chi connectivity index (χ3n) is 5.54. The largest absolute Gasteiger partial charge is 0.497 e. The fraction of sp³-hybridized carbons (Fsp3) is 0.435. The van der Waals surface area contributed by atoms with Crippen molar-refractivity contribution in [3.8, 4) is 11.5 Å². The van der Waals surface area contributed by atoms with Crippen molar-refractivity contribution in [3.05, 3.63) is 59.7 Å². The van der Waals surface area contributed by atoms with Gasteiger partial charge in [0.05, 0.1) is 33.0 Å². The second kappa shape index (κ2) is 9.29. The number of hydrogen-bond acceptors (Lipinski definition) is 5. The van der Waals surface area contributed by atoms with Gasteiger partial charge >= 0.3 is 0 Å². The molecule has 2 aromatic rings. The Morgan fingerprint density at radius 1 is 1.21 bits per heavy atom. The van der Waals surface area contributed by atoms with Gasteiger partial charge in [-0.1, -0.05) is 30.3 Å². The molecule has 2 aliphatic rings. The molecule has 1 N–H and O–H groups in total. The van der Waals surface area contributed by atoms with E-state index in [1.807, 2.05) is 41.3 Å². The predicted molar refractivity (Wildman–Crippen MR) is 110 cm³/mol. The smallest absolute Gasteiger partial charge is 0.225 e. The molecule has 4 rings (SSSR count). The van der Waals surface area contributed by atoms with Crippen LogP contribution in [-0.4, -0.2) is 50.3 Å². The molecule has 0 spiro atoms. The van der Waals surface area contributed by atoms with Gasteiger partial charge < -0.3 is 24.4 Å². The van der Waals surface area contributed by atoms with Crippen molar-refractivity contribution in [3.63, 3.8) is 0 Å². The minimum Gasteiger partial charge on any atom is -0.497 e. The lowest BCUT2D eigenvalue weighted by molar-refractivity contribution is -0.136. The molecule has 1 fully saturated rings. The molecule has 0 bridgehead atoms. The first-order chi connectivity index (χ1) is 14.2. The zero-order chi connectivity index (χ0) is 20.1. The maximum atomic E-state index is 13.4. The molecular formula is C23H28N2O4. The van der Waals surface area contributed by atoms with Crippen molar-refractivity contribution in [1.29, 1.82) is 0 Å². The van der Waals surface area contributed by atoms with Crippen molar-refractivity contribution < 1.29 is 19.0 Å². The number of carbonyl (C=O) groups excluding carboxylic acids is 1. The van der Waals surface area contributed by atoms with Gasteiger partial charge in [0, 0.05) is 37.5 Å². The maximum absolute atomic E-state index is 13.4. The molecule has 1 amide bonds. The summed E-state index contributed by atoms with van der Waals surface area (Å²) in [6, 6.07) is 16.0. The summed E-state index contributed by atoms with van der Waals surface area (Å²) >= 11 is 0. The van der Waals surface area contributed by atoms with E-state index >= 15 is 0 Å². The molecule has 0 radical (unpaired) electrons. The van der Waals surface area contributed by atoms with Gasteiger partial charge in [0.1, 0.15) is 11.5 Å². The average molecular weight is 396 g/mol. The third kappa shape index (κ3) is 4.71. The highest BCUT2D eigenvalue weighted by atomic mass is 16.5. The molecule has 6 nitrogen and oxygen atoms in total. The first-order valence-electron chi connectivity index (χ1n) is 10.2. The Balaban J connectivity index is 1.62. The molecule has 0 saturated carbocycles. The summed E-state index contributed by atoms with van der Waals surface area (Å²) in [7, 11) is 1.65. The summed E-state index contributed by atoms with van der Waals surface area (Å²) in [5.74, 6) is 1.72. The lowest BCUT2D eigenvalue weighted by atomic mass is 9.97. The monoisotopic (exact) mass is 396 g/mol. The summed E-state index contributed by atoms with van der Waals surface area (Å²) in [5, 5.41) is 3.39. The first-order valence-corrected chi connectivity index (χ1v) is 10.2. The quantitative estimate of drug-likeness (QED) is 0.814. The molecule has 2 heterocycles. The van der Waals surface area contributed by atoms with Crippen LogP contribution in [0.3, 0.4) is 0 Å². The Kier molecular flexibility index (Phi) is 6.32. The molecule has 0 aromatic heterocycles. The van der Waals surface area contributed by atoms with E-state index in [0.717, 1.165) is 35.6 Å². The van der Waals surface area contributed by atoms with Gasteiger partial charge in [0.2, 0.25) is 5.91 Å². The number of nitrogens with one attached hydrogen (secondary N) is 1. The van der Waals surface area contributed by atoms with Crippen LogP contribution >= 0.6 is 0 Å². The van der Waals surface area contributed by atoms with E-state index in [0.29, 0.717) is 32.8 Å². The Hall–Kier alpha value is -2.57. The van der Waals surface area contributed by atoms with Crippen molar-refractivity contribution in [2.75, 3.05) is 33.5 Å². The van der Waals surface area contributed by atoms with Crippen LogP contribution in [-0.2, 0) is 16.1 Å². The summed E-state index contributed by atoms with van der Waals surface area (Å²) in [6.45, 7) is 3.21. The summed E-state index contributed by atoms with van der Waals surface area (Å²) in [4.78, 5) is 15.4. The standard InChI is InChI=1S/C23H28N2O4/c1-27-19-7-8-22-20(14-19)21(9-11-29-22)25(15-17-5-3-2-4-6-17)23(26)13-18-16-28-12-10-24-18/h2-8,14,18,21,24H,9-13,15-16H2,1H3. The van der Waals surface area contributed by atoms with Gasteiger partial charge in [-0.2, -0.15) is 0 Å². The molecule has 1 saturated heterocycles. The number of morpholine rings is 1. The van der Waals surface area contributed by atoms with Crippen LogP contribution in [0.1, 0.15) is 30.0 Å². The van der Waals surface area contributed by atoms with E-state index in [9.17, 15) is 4.79 Å². The summed E-state index contributed by atoms with van der Waals surface area (Å²) < 4.78 is 16.8. The Labute approximate surface area is 171 Å². The topological polar surface area (TPSA) is 60.0 Å². The van der Waals surface area contributed by atoms with Crippen molar-refractivity contribution in [2.45, 2.75) is 31.5 Å². The average Bonchev–Trinajstić information content (AvgIpc) is 2.78. The number of fused-ring (bicyclic) bond motifs is 1.